The highest BCUT2D eigenvalue weighted by Crippen LogP contribution is 2.22. The number of aromatic nitrogens is 1. The highest BCUT2D eigenvalue weighted by Gasteiger charge is 2.19. The quantitative estimate of drug-likeness (QED) is 0.442. The molecule has 1 aromatic carbocycles. The van der Waals surface area contributed by atoms with E-state index in [1.807, 2.05) is 56.3 Å². The molecule has 27 heavy (non-hydrogen) atoms. The van der Waals surface area contributed by atoms with Crippen molar-refractivity contribution in [3.05, 3.63) is 64.5 Å². The Labute approximate surface area is 159 Å². The van der Waals surface area contributed by atoms with E-state index < -0.39 is 5.97 Å². The van der Waals surface area contributed by atoms with Crippen LogP contribution in [-0.2, 0) is 27.4 Å². The average Bonchev–Trinajstić information content (AvgIpc) is 3.29. The summed E-state index contributed by atoms with van der Waals surface area (Å²) in [5.74, 6) is -0.606. The van der Waals surface area contributed by atoms with Crippen LogP contribution in [0.5, 0.6) is 0 Å². The zero-order valence-electron chi connectivity index (χ0n) is 15.8. The number of rotatable bonds is 6. The third kappa shape index (κ3) is 4.66. The van der Waals surface area contributed by atoms with Gasteiger partial charge in [0.05, 0.1) is 6.10 Å². The number of hydrogen-bond donors (Lipinski definition) is 0. The molecule has 3 rings (SSSR count). The number of hydrogen-bond acceptors (Lipinski definition) is 4. The van der Waals surface area contributed by atoms with Crippen molar-refractivity contribution in [1.29, 1.82) is 5.26 Å². The van der Waals surface area contributed by atoms with E-state index in [9.17, 15) is 10.1 Å². The summed E-state index contributed by atoms with van der Waals surface area (Å²) in [4.78, 5) is 12.3. The Kier molecular flexibility index (Phi) is 6.10. The van der Waals surface area contributed by atoms with Crippen LogP contribution in [0.15, 0.2) is 42.0 Å². The van der Waals surface area contributed by atoms with Crippen molar-refractivity contribution in [2.45, 2.75) is 45.9 Å². The van der Waals surface area contributed by atoms with E-state index in [0.717, 1.165) is 48.5 Å². The molecule has 2 heterocycles. The van der Waals surface area contributed by atoms with Gasteiger partial charge in [0.2, 0.25) is 0 Å². The van der Waals surface area contributed by atoms with Gasteiger partial charge < -0.3 is 14.0 Å². The molecule has 0 amide bonds. The minimum absolute atomic E-state index is 0.00305. The number of nitrogens with zero attached hydrogens (tertiary/aromatic N) is 2. The molecule has 1 atom stereocenters. The third-order valence-electron chi connectivity index (χ3n) is 4.88. The summed E-state index contributed by atoms with van der Waals surface area (Å²) in [6.07, 6.45) is 4.01. The lowest BCUT2D eigenvalue weighted by atomic mass is 10.1. The van der Waals surface area contributed by atoms with Crippen molar-refractivity contribution >= 4 is 12.0 Å². The Morgan fingerprint density at radius 1 is 1.37 bits per heavy atom. The fraction of sp³-hybridized carbons (Fsp3) is 0.364. The summed E-state index contributed by atoms with van der Waals surface area (Å²) in [6, 6.07) is 13.4. The molecule has 2 aromatic rings. The standard InChI is InChI=1S/C22H24N2O3/c1-16-11-19(17(2)24(16)14-21-9-6-10-26-21)12-20(13-23)22(25)27-15-18-7-4-3-5-8-18/h3-5,7-8,11-12,21H,6,9-10,14-15H2,1-2H3/b20-12+/t21-/m1/s1. The highest BCUT2D eigenvalue weighted by molar-refractivity contribution is 5.98. The largest absolute Gasteiger partial charge is 0.457 e. The summed E-state index contributed by atoms with van der Waals surface area (Å²) >= 11 is 0. The Hall–Kier alpha value is -2.84. The van der Waals surface area contributed by atoms with Crippen LogP contribution in [0, 0.1) is 25.2 Å². The van der Waals surface area contributed by atoms with Crippen molar-refractivity contribution < 1.29 is 14.3 Å². The normalized spacial score (nSPS) is 16.9. The zero-order valence-corrected chi connectivity index (χ0v) is 15.8. The predicted octanol–water partition coefficient (Wildman–Crippen LogP) is 3.93. The first-order valence-electron chi connectivity index (χ1n) is 9.19. The second-order valence-electron chi connectivity index (χ2n) is 6.80. The van der Waals surface area contributed by atoms with Crippen LogP contribution in [0.1, 0.15) is 35.4 Å². The molecular formula is C22H24N2O3. The lowest BCUT2D eigenvalue weighted by molar-refractivity contribution is -0.139. The van der Waals surface area contributed by atoms with Crippen molar-refractivity contribution in [3.8, 4) is 6.07 Å². The van der Waals surface area contributed by atoms with Gasteiger partial charge in [-0.15, -0.1) is 0 Å². The highest BCUT2D eigenvalue weighted by atomic mass is 16.5. The lowest BCUT2D eigenvalue weighted by Gasteiger charge is -2.14. The predicted molar refractivity (Wildman–Crippen MR) is 103 cm³/mol. The molecule has 0 radical (unpaired) electrons. The van der Waals surface area contributed by atoms with Gasteiger partial charge in [0.1, 0.15) is 18.2 Å². The van der Waals surface area contributed by atoms with Crippen LogP contribution in [0.4, 0.5) is 0 Å². The molecule has 1 aliphatic heterocycles. The number of carbonyl (C=O) groups excluding carboxylic acids is 1. The van der Waals surface area contributed by atoms with Gasteiger partial charge in [-0.25, -0.2) is 4.79 Å². The number of esters is 1. The third-order valence-corrected chi connectivity index (χ3v) is 4.88. The topological polar surface area (TPSA) is 64.2 Å². The van der Waals surface area contributed by atoms with E-state index in [2.05, 4.69) is 4.57 Å². The van der Waals surface area contributed by atoms with Crippen molar-refractivity contribution in [1.82, 2.24) is 4.57 Å². The molecule has 1 saturated heterocycles. The molecule has 1 fully saturated rings. The van der Waals surface area contributed by atoms with E-state index >= 15 is 0 Å². The number of aryl methyl sites for hydroxylation is 1. The van der Waals surface area contributed by atoms with Crippen LogP contribution in [0.25, 0.3) is 6.08 Å². The van der Waals surface area contributed by atoms with Crippen LogP contribution >= 0.6 is 0 Å². The van der Waals surface area contributed by atoms with E-state index in [1.54, 1.807) is 6.08 Å². The van der Waals surface area contributed by atoms with Crippen LogP contribution in [0.3, 0.4) is 0 Å². The smallest absolute Gasteiger partial charge is 0.349 e. The summed E-state index contributed by atoms with van der Waals surface area (Å²) in [7, 11) is 0. The molecule has 5 nitrogen and oxygen atoms in total. The molecule has 0 saturated carbocycles. The maximum absolute atomic E-state index is 12.3. The van der Waals surface area contributed by atoms with Gasteiger partial charge in [0.25, 0.3) is 0 Å². The van der Waals surface area contributed by atoms with Gasteiger partial charge in [0.15, 0.2) is 0 Å². The van der Waals surface area contributed by atoms with Gasteiger partial charge >= 0.3 is 5.97 Å². The first-order chi connectivity index (χ1) is 13.1. The van der Waals surface area contributed by atoms with E-state index in [-0.39, 0.29) is 18.3 Å². The Balaban J connectivity index is 1.73. The van der Waals surface area contributed by atoms with E-state index in [0.29, 0.717) is 0 Å². The lowest BCUT2D eigenvalue weighted by Crippen LogP contribution is -2.16. The Morgan fingerprint density at radius 2 is 2.15 bits per heavy atom. The first kappa shape index (κ1) is 18.9. The Bertz CT molecular complexity index is 869. The minimum atomic E-state index is -0.606. The number of benzene rings is 1. The summed E-state index contributed by atoms with van der Waals surface area (Å²) in [6.45, 7) is 5.79. The molecule has 0 unspecified atom stereocenters. The SMILES string of the molecule is Cc1cc(/C=C(\C#N)C(=O)OCc2ccccc2)c(C)n1C[C@H]1CCCO1. The number of carbonyl (C=O) groups is 1. The van der Waals surface area contributed by atoms with Gasteiger partial charge in [-0.1, -0.05) is 30.3 Å². The van der Waals surface area contributed by atoms with Crippen molar-refractivity contribution in [2.24, 2.45) is 0 Å². The maximum Gasteiger partial charge on any atom is 0.349 e. The van der Waals surface area contributed by atoms with Crippen molar-refractivity contribution in [3.63, 3.8) is 0 Å². The molecule has 0 spiro atoms. The van der Waals surface area contributed by atoms with E-state index in [1.165, 1.54) is 0 Å². The molecule has 0 aliphatic carbocycles. The molecule has 1 aliphatic rings. The monoisotopic (exact) mass is 364 g/mol. The van der Waals surface area contributed by atoms with Gasteiger partial charge in [-0.3, -0.25) is 0 Å². The second-order valence-corrected chi connectivity index (χ2v) is 6.80. The number of ether oxygens (including phenoxy) is 2. The summed E-state index contributed by atoms with van der Waals surface area (Å²) in [5.41, 5.74) is 3.86. The second kappa shape index (κ2) is 8.70. The Morgan fingerprint density at radius 3 is 2.81 bits per heavy atom. The minimum Gasteiger partial charge on any atom is -0.457 e. The number of nitriles is 1. The van der Waals surface area contributed by atoms with Crippen LogP contribution in [0.2, 0.25) is 0 Å². The van der Waals surface area contributed by atoms with Crippen LogP contribution < -0.4 is 0 Å². The molecule has 1 aromatic heterocycles. The van der Waals surface area contributed by atoms with Gasteiger partial charge in [-0.2, -0.15) is 5.26 Å². The first-order valence-corrected chi connectivity index (χ1v) is 9.19. The van der Waals surface area contributed by atoms with Crippen LogP contribution in [-0.4, -0.2) is 23.2 Å². The van der Waals surface area contributed by atoms with Gasteiger partial charge in [-0.05, 0) is 50.0 Å². The molecular weight excluding hydrogens is 340 g/mol. The van der Waals surface area contributed by atoms with E-state index in [4.69, 9.17) is 9.47 Å². The molecule has 0 N–H and O–H groups in total. The maximum atomic E-state index is 12.3. The zero-order chi connectivity index (χ0) is 19.2. The molecule has 0 bridgehead atoms. The van der Waals surface area contributed by atoms with Crippen molar-refractivity contribution in [2.75, 3.05) is 6.61 Å². The fourth-order valence-electron chi connectivity index (χ4n) is 3.34. The molecule has 5 heteroatoms. The average molecular weight is 364 g/mol. The summed E-state index contributed by atoms with van der Waals surface area (Å²) in [5, 5.41) is 9.41. The molecule has 140 valence electrons. The fourth-order valence-corrected chi connectivity index (χ4v) is 3.34. The summed E-state index contributed by atoms with van der Waals surface area (Å²) < 4.78 is 13.2. The van der Waals surface area contributed by atoms with Gasteiger partial charge in [0, 0.05) is 24.5 Å².